The molecule has 1 aliphatic heterocycles. The van der Waals surface area contributed by atoms with E-state index in [2.05, 4.69) is 11.0 Å². The van der Waals surface area contributed by atoms with Gasteiger partial charge in [-0.2, -0.15) is 0 Å². The van der Waals surface area contributed by atoms with Crippen LogP contribution in [0.3, 0.4) is 0 Å². The van der Waals surface area contributed by atoms with Crippen molar-refractivity contribution in [2.24, 2.45) is 11.8 Å². The first-order valence-electron chi connectivity index (χ1n) is 11.9. The highest BCUT2D eigenvalue weighted by molar-refractivity contribution is 5.94. The Kier molecular flexibility index (Phi) is 5.51. The van der Waals surface area contributed by atoms with Gasteiger partial charge in [-0.15, -0.1) is 0 Å². The topological polar surface area (TPSA) is 43.8 Å². The van der Waals surface area contributed by atoms with Gasteiger partial charge in [0.25, 0.3) is 5.91 Å². The summed E-state index contributed by atoms with van der Waals surface area (Å²) in [6.07, 6.45) is 7.07. The third kappa shape index (κ3) is 4.10. The van der Waals surface area contributed by atoms with E-state index >= 15 is 0 Å². The SMILES string of the molecule is CN(C(=O)c1ccccc1)C1CCC2CN(CC3CC3)CCC2(c2cccc(O)c2)C1. The average Bonchev–Trinajstić information content (AvgIpc) is 3.62. The number of benzene rings is 2. The first-order valence-corrected chi connectivity index (χ1v) is 11.9. The molecular weight excluding hydrogens is 384 g/mol. The van der Waals surface area contributed by atoms with Crippen LogP contribution in [0.25, 0.3) is 0 Å². The van der Waals surface area contributed by atoms with Gasteiger partial charge in [0.2, 0.25) is 0 Å². The number of likely N-dealkylation sites (tertiary alicyclic amines) is 1. The Bertz CT molecular complexity index is 926. The van der Waals surface area contributed by atoms with E-state index in [4.69, 9.17) is 0 Å². The first kappa shape index (κ1) is 20.6. The summed E-state index contributed by atoms with van der Waals surface area (Å²) in [5.74, 6) is 1.96. The van der Waals surface area contributed by atoms with E-state index in [0.717, 1.165) is 50.3 Å². The van der Waals surface area contributed by atoms with Crippen LogP contribution in [-0.4, -0.2) is 53.5 Å². The molecule has 1 heterocycles. The molecular formula is C27H34N2O2. The zero-order valence-corrected chi connectivity index (χ0v) is 18.5. The molecule has 0 spiro atoms. The maximum Gasteiger partial charge on any atom is 0.253 e. The maximum atomic E-state index is 13.2. The molecule has 2 aliphatic carbocycles. The Morgan fingerprint density at radius 1 is 1.10 bits per heavy atom. The minimum absolute atomic E-state index is 0.0347. The van der Waals surface area contributed by atoms with Gasteiger partial charge in [-0.3, -0.25) is 4.79 Å². The Hall–Kier alpha value is -2.33. The third-order valence-corrected chi connectivity index (χ3v) is 8.11. The van der Waals surface area contributed by atoms with E-state index in [1.807, 2.05) is 54.4 Å². The molecule has 2 aromatic rings. The molecule has 1 amide bonds. The van der Waals surface area contributed by atoms with Crippen molar-refractivity contribution in [3.63, 3.8) is 0 Å². The van der Waals surface area contributed by atoms with Crippen LogP contribution in [0.2, 0.25) is 0 Å². The van der Waals surface area contributed by atoms with Crippen LogP contribution in [0.15, 0.2) is 54.6 Å². The summed E-state index contributed by atoms with van der Waals surface area (Å²) in [7, 11) is 1.97. The number of piperidine rings is 1. The molecule has 4 nitrogen and oxygen atoms in total. The van der Waals surface area contributed by atoms with Crippen molar-refractivity contribution in [2.45, 2.75) is 50.0 Å². The van der Waals surface area contributed by atoms with Crippen LogP contribution in [-0.2, 0) is 5.41 Å². The van der Waals surface area contributed by atoms with E-state index < -0.39 is 0 Å². The zero-order valence-electron chi connectivity index (χ0n) is 18.5. The molecule has 31 heavy (non-hydrogen) atoms. The van der Waals surface area contributed by atoms with Crippen LogP contribution in [0.4, 0.5) is 0 Å². The Morgan fingerprint density at radius 2 is 1.90 bits per heavy atom. The summed E-state index contributed by atoms with van der Waals surface area (Å²) in [5, 5.41) is 10.2. The number of amides is 1. The van der Waals surface area contributed by atoms with Crippen LogP contribution < -0.4 is 0 Å². The lowest BCUT2D eigenvalue weighted by atomic mass is 9.57. The molecule has 3 aliphatic rings. The second-order valence-electron chi connectivity index (χ2n) is 10.1. The smallest absolute Gasteiger partial charge is 0.253 e. The lowest BCUT2D eigenvalue weighted by Crippen LogP contribution is -2.56. The molecule has 2 saturated carbocycles. The maximum absolute atomic E-state index is 13.2. The van der Waals surface area contributed by atoms with Crippen LogP contribution in [0, 0.1) is 11.8 Å². The lowest BCUT2D eigenvalue weighted by molar-refractivity contribution is 0.0175. The molecule has 164 valence electrons. The standard InChI is InChI=1S/C27H34N2O2/c1-28(26(31)21-6-3-2-4-7-21)24-13-12-23-19-29(18-20-10-11-20)15-14-27(23,17-24)22-8-5-9-25(30)16-22/h2-9,16,20,23-24,30H,10-15,17-19H2,1H3. The second kappa shape index (κ2) is 8.31. The Balaban J connectivity index is 1.41. The van der Waals surface area contributed by atoms with E-state index in [1.165, 1.54) is 24.9 Å². The predicted molar refractivity (Wildman–Crippen MR) is 123 cm³/mol. The van der Waals surface area contributed by atoms with Crippen LogP contribution in [0.5, 0.6) is 5.75 Å². The largest absolute Gasteiger partial charge is 0.508 e. The van der Waals surface area contributed by atoms with Crippen molar-refractivity contribution < 1.29 is 9.90 Å². The lowest BCUT2D eigenvalue weighted by Gasteiger charge is -2.54. The fourth-order valence-electron chi connectivity index (χ4n) is 6.12. The molecule has 5 rings (SSSR count). The van der Waals surface area contributed by atoms with Gasteiger partial charge in [0.15, 0.2) is 0 Å². The van der Waals surface area contributed by atoms with E-state index in [-0.39, 0.29) is 17.4 Å². The highest BCUT2D eigenvalue weighted by atomic mass is 16.3. The van der Waals surface area contributed by atoms with Crippen LogP contribution in [0.1, 0.15) is 54.4 Å². The number of carbonyl (C=O) groups excluding carboxylic acids is 1. The number of fused-ring (bicyclic) bond motifs is 1. The predicted octanol–water partition coefficient (Wildman–Crippen LogP) is 4.69. The summed E-state index contributed by atoms with van der Waals surface area (Å²) in [6.45, 7) is 3.52. The second-order valence-corrected chi connectivity index (χ2v) is 10.1. The Labute approximate surface area is 185 Å². The summed E-state index contributed by atoms with van der Waals surface area (Å²) in [5.41, 5.74) is 2.05. The molecule has 0 bridgehead atoms. The van der Waals surface area contributed by atoms with Gasteiger partial charge in [0.05, 0.1) is 0 Å². The summed E-state index contributed by atoms with van der Waals surface area (Å²) in [4.78, 5) is 17.8. The normalized spacial score (nSPS) is 28.7. The van der Waals surface area contributed by atoms with Crippen LogP contribution >= 0.6 is 0 Å². The van der Waals surface area contributed by atoms with Gasteiger partial charge < -0.3 is 14.9 Å². The van der Waals surface area contributed by atoms with Crippen molar-refractivity contribution in [3.8, 4) is 5.75 Å². The monoisotopic (exact) mass is 418 g/mol. The van der Waals surface area contributed by atoms with Gasteiger partial charge in [-0.25, -0.2) is 0 Å². The number of phenolic OH excluding ortho intramolecular Hbond substituents is 1. The highest BCUT2D eigenvalue weighted by Crippen LogP contribution is 2.51. The van der Waals surface area contributed by atoms with Crippen molar-refractivity contribution in [2.75, 3.05) is 26.7 Å². The number of hydrogen-bond donors (Lipinski definition) is 1. The molecule has 3 atom stereocenters. The van der Waals surface area contributed by atoms with E-state index in [1.54, 1.807) is 6.07 Å². The van der Waals surface area contributed by atoms with Gasteiger partial charge in [0, 0.05) is 37.2 Å². The quantitative estimate of drug-likeness (QED) is 0.766. The highest BCUT2D eigenvalue weighted by Gasteiger charge is 2.49. The van der Waals surface area contributed by atoms with Crippen molar-refractivity contribution in [3.05, 3.63) is 65.7 Å². The molecule has 0 radical (unpaired) electrons. The van der Waals surface area contributed by atoms with Gasteiger partial charge in [-0.1, -0.05) is 30.3 Å². The number of rotatable bonds is 5. The molecule has 4 heteroatoms. The fourth-order valence-corrected chi connectivity index (χ4v) is 6.12. The average molecular weight is 419 g/mol. The molecule has 1 N–H and O–H groups in total. The third-order valence-electron chi connectivity index (χ3n) is 8.11. The first-order chi connectivity index (χ1) is 15.0. The summed E-state index contributed by atoms with van der Waals surface area (Å²) in [6, 6.07) is 17.8. The number of hydrogen-bond acceptors (Lipinski definition) is 3. The van der Waals surface area contributed by atoms with E-state index in [9.17, 15) is 9.90 Å². The molecule has 1 saturated heterocycles. The number of aromatic hydroxyl groups is 1. The van der Waals surface area contributed by atoms with Crippen molar-refractivity contribution in [1.29, 1.82) is 0 Å². The zero-order chi connectivity index (χ0) is 21.4. The van der Waals surface area contributed by atoms with E-state index in [0.29, 0.717) is 11.7 Å². The molecule has 3 fully saturated rings. The van der Waals surface area contributed by atoms with Crippen molar-refractivity contribution in [1.82, 2.24) is 9.80 Å². The Morgan fingerprint density at radius 3 is 2.65 bits per heavy atom. The minimum atomic E-state index is 0.0347. The van der Waals surface area contributed by atoms with Crippen molar-refractivity contribution >= 4 is 5.91 Å². The number of phenols is 1. The van der Waals surface area contributed by atoms with Gasteiger partial charge in [-0.05, 0) is 86.7 Å². The molecule has 2 aromatic carbocycles. The fraction of sp³-hybridized carbons (Fsp3) is 0.519. The summed E-state index contributed by atoms with van der Waals surface area (Å²) < 4.78 is 0. The van der Waals surface area contributed by atoms with Gasteiger partial charge >= 0.3 is 0 Å². The number of carbonyl (C=O) groups is 1. The minimum Gasteiger partial charge on any atom is -0.508 e. The summed E-state index contributed by atoms with van der Waals surface area (Å²) >= 11 is 0. The van der Waals surface area contributed by atoms with Gasteiger partial charge in [0.1, 0.15) is 5.75 Å². The number of nitrogens with zero attached hydrogens (tertiary/aromatic N) is 2. The molecule has 3 unspecified atom stereocenters. The molecule has 0 aromatic heterocycles.